The van der Waals surface area contributed by atoms with E-state index in [9.17, 15) is 9.59 Å². The Morgan fingerprint density at radius 3 is 2.53 bits per heavy atom. The number of ether oxygens (including phenoxy) is 2. The summed E-state index contributed by atoms with van der Waals surface area (Å²) in [7, 11) is 1.54. The Balaban J connectivity index is 1.54. The van der Waals surface area contributed by atoms with E-state index in [0.717, 1.165) is 22.9 Å². The molecule has 0 atom stereocenters. The molecule has 1 heterocycles. The molecule has 1 fully saturated rings. The first kappa shape index (κ1) is 24.2. The average Bonchev–Trinajstić information content (AvgIpc) is 3.10. The second-order valence-corrected chi connectivity index (χ2v) is 9.31. The number of para-hydroxylation sites is 1. The largest absolute Gasteiger partial charge is 0.493 e. The number of thioether (sulfide) groups is 1. The fourth-order valence-corrected chi connectivity index (χ4v) is 4.79. The molecular weight excluding hydrogens is 493 g/mol. The van der Waals surface area contributed by atoms with Gasteiger partial charge in [0.1, 0.15) is 6.61 Å². The summed E-state index contributed by atoms with van der Waals surface area (Å²) in [4.78, 5) is 27.1. The summed E-state index contributed by atoms with van der Waals surface area (Å²) in [6.45, 7) is 0.498. The third kappa shape index (κ3) is 5.58. The minimum absolute atomic E-state index is 0.176. The highest BCUT2D eigenvalue weighted by molar-refractivity contribution is 8.18. The Kier molecular flexibility index (Phi) is 7.83. The number of halogens is 2. The zero-order valence-corrected chi connectivity index (χ0v) is 20.6. The van der Waals surface area contributed by atoms with E-state index in [4.69, 9.17) is 32.7 Å². The molecule has 0 aromatic heterocycles. The fourth-order valence-electron chi connectivity index (χ4n) is 3.47. The van der Waals surface area contributed by atoms with E-state index in [1.54, 1.807) is 49.6 Å². The number of benzene rings is 3. The second-order valence-electron chi connectivity index (χ2n) is 7.47. The predicted molar refractivity (Wildman–Crippen MR) is 137 cm³/mol. The molecule has 5 nitrogen and oxygen atoms in total. The first-order valence-electron chi connectivity index (χ1n) is 10.5. The number of carbonyl (C=O) groups is 2. The van der Waals surface area contributed by atoms with Gasteiger partial charge < -0.3 is 9.47 Å². The third-order valence-electron chi connectivity index (χ3n) is 5.24. The van der Waals surface area contributed by atoms with E-state index in [1.165, 1.54) is 4.90 Å². The fraction of sp³-hybridized carbons (Fsp3) is 0.154. The molecule has 1 aliphatic heterocycles. The van der Waals surface area contributed by atoms with Crippen molar-refractivity contribution in [3.05, 3.63) is 98.4 Å². The lowest BCUT2D eigenvalue weighted by molar-refractivity contribution is -0.122. The number of hydrogen-bond acceptors (Lipinski definition) is 5. The summed E-state index contributed by atoms with van der Waals surface area (Å²) >= 11 is 13.2. The molecule has 0 saturated carbocycles. The van der Waals surface area contributed by atoms with Gasteiger partial charge in [0.25, 0.3) is 11.1 Å². The minimum Gasteiger partial charge on any atom is -0.493 e. The van der Waals surface area contributed by atoms with Crippen LogP contribution >= 0.6 is 35.0 Å². The molecule has 0 aliphatic carbocycles. The molecule has 0 radical (unpaired) electrons. The highest BCUT2D eigenvalue weighted by Crippen LogP contribution is 2.38. The van der Waals surface area contributed by atoms with E-state index in [2.05, 4.69) is 0 Å². The van der Waals surface area contributed by atoms with Crippen LogP contribution in [0, 0.1) is 0 Å². The molecule has 0 N–H and O–H groups in total. The Morgan fingerprint density at radius 1 is 1.00 bits per heavy atom. The molecule has 34 heavy (non-hydrogen) atoms. The first-order chi connectivity index (χ1) is 16.5. The number of methoxy groups -OCH3 is 1. The van der Waals surface area contributed by atoms with Gasteiger partial charge in [-0.05, 0) is 48.0 Å². The maximum atomic E-state index is 13.0. The summed E-state index contributed by atoms with van der Waals surface area (Å²) in [5.74, 6) is 0.634. The highest BCUT2D eigenvalue weighted by atomic mass is 35.5. The smallest absolute Gasteiger partial charge is 0.293 e. The van der Waals surface area contributed by atoms with E-state index in [1.807, 2.05) is 30.3 Å². The second kappa shape index (κ2) is 11.0. The van der Waals surface area contributed by atoms with Crippen molar-refractivity contribution in [2.24, 2.45) is 0 Å². The van der Waals surface area contributed by atoms with Crippen LogP contribution in [0.25, 0.3) is 6.08 Å². The normalized spacial score (nSPS) is 14.7. The van der Waals surface area contributed by atoms with Crippen molar-refractivity contribution in [3.63, 3.8) is 0 Å². The Morgan fingerprint density at radius 2 is 1.79 bits per heavy atom. The molecular formula is C26H21Cl2NO4S. The van der Waals surface area contributed by atoms with Gasteiger partial charge in [0.15, 0.2) is 11.5 Å². The Bertz CT molecular complexity index is 1250. The average molecular weight is 514 g/mol. The van der Waals surface area contributed by atoms with Crippen LogP contribution in [0.1, 0.15) is 16.7 Å². The van der Waals surface area contributed by atoms with Crippen LogP contribution < -0.4 is 9.47 Å². The van der Waals surface area contributed by atoms with Crippen LogP contribution in [0.4, 0.5) is 4.79 Å². The quantitative estimate of drug-likeness (QED) is 0.308. The molecule has 8 heteroatoms. The van der Waals surface area contributed by atoms with E-state index < -0.39 is 0 Å². The zero-order chi connectivity index (χ0) is 24.1. The van der Waals surface area contributed by atoms with Crippen molar-refractivity contribution in [3.8, 4) is 11.5 Å². The molecule has 1 saturated heterocycles. The number of rotatable bonds is 8. The van der Waals surface area contributed by atoms with E-state index >= 15 is 0 Å². The molecule has 3 aromatic rings. The molecule has 0 bridgehead atoms. The third-order valence-corrected chi connectivity index (χ3v) is 6.74. The molecule has 0 unspecified atom stereocenters. The number of hydrogen-bond donors (Lipinski definition) is 0. The summed E-state index contributed by atoms with van der Waals surface area (Å²) in [5.41, 5.74) is 2.44. The zero-order valence-electron chi connectivity index (χ0n) is 18.3. The van der Waals surface area contributed by atoms with Crippen LogP contribution in [-0.2, 0) is 17.8 Å². The van der Waals surface area contributed by atoms with Gasteiger partial charge in [0.2, 0.25) is 0 Å². The van der Waals surface area contributed by atoms with Crippen LogP contribution in [0.3, 0.4) is 0 Å². The predicted octanol–water partition coefficient (Wildman–Crippen LogP) is 6.86. The van der Waals surface area contributed by atoms with Crippen molar-refractivity contribution in [2.75, 3.05) is 13.7 Å². The van der Waals surface area contributed by atoms with Gasteiger partial charge in [-0.2, -0.15) is 0 Å². The first-order valence-corrected chi connectivity index (χ1v) is 12.1. The van der Waals surface area contributed by atoms with Crippen LogP contribution in [0.2, 0.25) is 10.0 Å². The molecule has 0 spiro atoms. The van der Waals surface area contributed by atoms with Crippen LogP contribution in [0.15, 0.2) is 71.6 Å². The Hall–Kier alpha value is -2.93. The number of nitrogens with zero attached hydrogens (tertiary/aromatic N) is 1. The van der Waals surface area contributed by atoms with Gasteiger partial charge in [-0.15, -0.1) is 0 Å². The van der Waals surface area contributed by atoms with Crippen molar-refractivity contribution in [1.82, 2.24) is 4.90 Å². The maximum absolute atomic E-state index is 13.0. The number of carbonyl (C=O) groups excluding carboxylic acids is 2. The maximum Gasteiger partial charge on any atom is 0.293 e. The van der Waals surface area contributed by atoms with Crippen molar-refractivity contribution in [1.29, 1.82) is 0 Å². The van der Waals surface area contributed by atoms with Crippen LogP contribution in [-0.4, -0.2) is 29.7 Å². The molecule has 2 amide bonds. The van der Waals surface area contributed by atoms with E-state index in [0.29, 0.717) is 45.0 Å². The molecule has 4 rings (SSSR count). The lowest BCUT2D eigenvalue weighted by Crippen LogP contribution is -2.30. The lowest BCUT2D eigenvalue weighted by atomic mass is 10.1. The standard InChI is InChI=1S/C26H21Cl2NO4S/c1-32-22-9-5-8-18(24(22)33-16-19-10-11-20(27)15-21(19)28)14-23-25(30)29(26(31)34-23)13-12-17-6-3-2-4-7-17/h2-11,14-15H,12-13,16H2,1H3/b23-14+. The van der Waals surface area contributed by atoms with Crippen LogP contribution in [0.5, 0.6) is 11.5 Å². The highest BCUT2D eigenvalue weighted by Gasteiger charge is 2.35. The van der Waals surface area contributed by atoms with Gasteiger partial charge in [-0.1, -0.05) is 71.7 Å². The van der Waals surface area contributed by atoms with Gasteiger partial charge in [0.05, 0.1) is 12.0 Å². The van der Waals surface area contributed by atoms with Gasteiger partial charge in [-0.3, -0.25) is 14.5 Å². The molecule has 1 aliphatic rings. The van der Waals surface area contributed by atoms with E-state index in [-0.39, 0.29) is 17.8 Å². The lowest BCUT2D eigenvalue weighted by Gasteiger charge is -2.15. The minimum atomic E-state index is -0.319. The van der Waals surface area contributed by atoms with Gasteiger partial charge >= 0.3 is 0 Å². The summed E-state index contributed by atoms with van der Waals surface area (Å²) in [6.07, 6.45) is 2.26. The summed E-state index contributed by atoms with van der Waals surface area (Å²) in [6, 6.07) is 20.3. The number of imide groups is 1. The SMILES string of the molecule is COc1cccc(/C=C2/SC(=O)N(CCc3ccccc3)C2=O)c1OCc1ccc(Cl)cc1Cl. The molecule has 3 aromatic carbocycles. The van der Waals surface area contributed by atoms with Crippen molar-refractivity contribution in [2.45, 2.75) is 13.0 Å². The monoisotopic (exact) mass is 513 g/mol. The van der Waals surface area contributed by atoms with Crippen molar-refractivity contribution < 1.29 is 19.1 Å². The topological polar surface area (TPSA) is 55.8 Å². The summed E-state index contributed by atoms with van der Waals surface area (Å²) < 4.78 is 11.5. The van der Waals surface area contributed by atoms with Gasteiger partial charge in [0, 0.05) is 27.7 Å². The number of amides is 2. The van der Waals surface area contributed by atoms with Gasteiger partial charge in [-0.25, -0.2) is 0 Å². The molecule has 174 valence electrons. The summed E-state index contributed by atoms with van der Waals surface area (Å²) in [5, 5.41) is 0.740. The Labute approximate surface area is 212 Å². The van der Waals surface area contributed by atoms with Crippen molar-refractivity contribution >= 4 is 52.2 Å².